The normalized spacial score (nSPS) is 12.2. The topological polar surface area (TPSA) is 66.6 Å². The van der Waals surface area contributed by atoms with Gasteiger partial charge in [-0.25, -0.2) is 4.98 Å². The third-order valence-electron chi connectivity index (χ3n) is 3.02. The number of carbonyl (C=O) groups is 1. The highest BCUT2D eigenvalue weighted by atomic mass is 35.5. The molecule has 21 heavy (non-hydrogen) atoms. The summed E-state index contributed by atoms with van der Waals surface area (Å²) < 4.78 is 4.98. The Bertz CT molecular complexity index is 878. The van der Waals surface area contributed by atoms with Crippen molar-refractivity contribution in [3.8, 4) is 6.07 Å². The molecule has 0 aliphatic heterocycles. The molecule has 0 saturated heterocycles. The number of carbonyl (C=O) groups excluding carboxylic acids is 1. The molecule has 3 aromatic rings. The Morgan fingerprint density at radius 1 is 1.48 bits per heavy atom. The monoisotopic (exact) mass is 333 g/mol. The first-order valence-electron chi connectivity index (χ1n) is 6.01. The zero-order valence-corrected chi connectivity index (χ0v) is 13.2. The fourth-order valence-electron chi connectivity index (χ4n) is 1.95. The Morgan fingerprint density at radius 3 is 2.95 bits per heavy atom. The van der Waals surface area contributed by atoms with Crippen molar-refractivity contribution in [3.63, 3.8) is 0 Å². The van der Waals surface area contributed by atoms with Crippen molar-refractivity contribution in [2.24, 2.45) is 0 Å². The molecule has 7 heteroatoms. The lowest BCUT2D eigenvalue weighted by atomic mass is 10.0. The van der Waals surface area contributed by atoms with Crippen LogP contribution >= 0.6 is 34.5 Å². The van der Waals surface area contributed by atoms with E-state index in [9.17, 15) is 10.1 Å². The molecule has 0 aliphatic rings. The maximum Gasteiger partial charge on any atom is 0.189 e. The highest BCUT2D eigenvalue weighted by Crippen LogP contribution is 2.31. The summed E-state index contributed by atoms with van der Waals surface area (Å²) >= 11 is 8.48. The number of Topliss-reactive ketones (excluding diaryl/α,β-unsaturated/α-hetero) is 1. The Morgan fingerprint density at radius 2 is 2.29 bits per heavy atom. The number of aromatic nitrogens is 2. The van der Waals surface area contributed by atoms with Crippen LogP contribution in [-0.4, -0.2) is 15.1 Å². The predicted octanol–water partition coefficient (Wildman–Crippen LogP) is 4.20. The summed E-state index contributed by atoms with van der Waals surface area (Å²) in [6.45, 7) is 1.76. The fourth-order valence-corrected chi connectivity index (χ4v) is 3.81. The summed E-state index contributed by atoms with van der Waals surface area (Å²) in [5, 5.41) is 12.1. The van der Waals surface area contributed by atoms with Crippen molar-refractivity contribution < 1.29 is 4.79 Å². The molecule has 2 heterocycles. The number of rotatable bonds is 3. The minimum atomic E-state index is -0.906. The Kier molecular flexibility index (Phi) is 3.72. The van der Waals surface area contributed by atoms with E-state index in [1.54, 1.807) is 24.4 Å². The molecule has 1 aromatic carbocycles. The fraction of sp³-hybridized carbons (Fsp3) is 0.143. The molecule has 3 rings (SSSR count). The van der Waals surface area contributed by atoms with Crippen molar-refractivity contribution in [2.45, 2.75) is 12.8 Å². The second-order valence-corrected chi connectivity index (χ2v) is 6.53. The van der Waals surface area contributed by atoms with Gasteiger partial charge in [0.2, 0.25) is 0 Å². The molecule has 2 aromatic heterocycles. The zero-order chi connectivity index (χ0) is 15.0. The molecular formula is C14H8ClN3OS2. The number of fused-ring (bicyclic) bond motifs is 1. The van der Waals surface area contributed by atoms with E-state index >= 15 is 0 Å². The summed E-state index contributed by atoms with van der Waals surface area (Å²) in [5.41, 5.74) is 1.84. The van der Waals surface area contributed by atoms with Crippen LogP contribution in [0.1, 0.15) is 27.0 Å². The van der Waals surface area contributed by atoms with Gasteiger partial charge in [-0.2, -0.15) is 9.64 Å². The first kappa shape index (κ1) is 14.1. The average molecular weight is 334 g/mol. The van der Waals surface area contributed by atoms with E-state index in [1.807, 2.05) is 6.07 Å². The third-order valence-corrected chi connectivity index (χ3v) is 5.08. The molecule has 0 radical (unpaired) electrons. The van der Waals surface area contributed by atoms with Gasteiger partial charge < -0.3 is 0 Å². The van der Waals surface area contributed by atoms with Crippen LogP contribution in [-0.2, 0) is 0 Å². The Balaban J connectivity index is 2.04. The molecule has 0 bridgehead atoms. The van der Waals surface area contributed by atoms with Crippen molar-refractivity contribution in [2.75, 3.05) is 0 Å². The molecule has 104 valence electrons. The summed E-state index contributed by atoms with van der Waals surface area (Å²) in [6, 6.07) is 7.39. The zero-order valence-electron chi connectivity index (χ0n) is 10.8. The van der Waals surface area contributed by atoms with Crippen LogP contribution in [0.2, 0.25) is 5.02 Å². The average Bonchev–Trinajstić information content (AvgIpc) is 3.05. The van der Waals surface area contributed by atoms with E-state index in [-0.39, 0.29) is 5.78 Å². The Hall–Kier alpha value is -1.81. The molecule has 4 nitrogen and oxygen atoms in total. The van der Waals surface area contributed by atoms with Crippen LogP contribution < -0.4 is 0 Å². The number of nitriles is 1. The standard InChI is InChI=1S/C14H8ClN3OS2/c1-7-10(6-20-18-7)13(19)9(5-16)14-17-11-4-8(15)2-3-12(11)21-14/h2-4,6,9H,1H3/t9-/m0/s1. The van der Waals surface area contributed by atoms with Crippen LogP contribution in [0.15, 0.2) is 23.6 Å². The molecular weight excluding hydrogens is 326 g/mol. The summed E-state index contributed by atoms with van der Waals surface area (Å²) in [4.78, 5) is 16.9. The van der Waals surface area contributed by atoms with Crippen molar-refractivity contribution in [1.29, 1.82) is 5.26 Å². The van der Waals surface area contributed by atoms with Gasteiger partial charge in [-0.1, -0.05) is 11.6 Å². The predicted molar refractivity (Wildman–Crippen MR) is 84.2 cm³/mol. The van der Waals surface area contributed by atoms with Crippen molar-refractivity contribution in [3.05, 3.63) is 44.9 Å². The van der Waals surface area contributed by atoms with Gasteiger partial charge in [0.15, 0.2) is 11.7 Å². The quantitative estimate of drug-likeness (QED) is 0.673. The van der Waals surface area contributed by atoms with E-state index in [1.165, 1.54) is 22.9 Å². The summed E-state index contributed by atoms with van der Waals surface area (Å²) in [7, 11) is 0. The van der Waals surface area contributed by atoms with Gasteiger partial charge in [0.1, 0.15) is 5.01 Å². The largest absolute Gasteiger partial charge is 0.292 e. The molecule has 0 spiro atoms. The molecule has 0 aliphatic carbocycles. The molecule has 0 N–H and O–H groups in total. The SMILES string of the molecule is Cc1nscc1C(=O)[C@H](C#N)c1nc2cc(Cl)ccc2s1. The number of nitrogens with zero attached hydrogens (tertiary/aromatic N) is 3. The lowest BCUT2D eigenvalue weighted by molar-refractivity contribution is 0.0978. The van der Waals surface area contributed by atoms with Gasteiger partial charge in [-0.05, 0) is 36.7 Å². The van der Waals surface area contributed by atoms with Crippen LogP contribution in [0.3, 0.4) is 0 Å². The van der Waals surface area contributed by atoms with Crippen molar-refractivity contribution in [1.82, 2.24) is 9.36 Å². The summed E-state index contributed by atoms with van der Waals surface area (Å²) in [5.74, 6) is -1.16. The van der Waals surface area contributed by atoms with Gasteiger partial charge >= 0.3 is 0 Å². The molecule has 0 fully saturated rings. The van der Waals surface area contributed by atoms with Gasteiger partial charge in [0.25, 0.3) is 0 Å². The van der Waals surface area contributed by atoms with E-state index in [0.29, 0.717) is 26.8 Å². The Labute approximate surface area is 133 Å². The maximum atomic E-state index is 12.5. The highest BCUT2D eigenvalue weighted by molar-refractivity contribution is 7.18. The first-order chi connectivity index (χ1) is 10.1. The highest BCUT2D eigenvalue weighted by Gasteiger charge is 2.27. The number of hydrogen-bond donors (Lipinski definition) is 0. The number of aryl methyl sites for hydroxylation is 1. The van der Waals surface area contributed by atoms with Gasteiger partial charge in [-0.15, -0.1) is 11.3 Å². The maximum absolute atomic E-state index is 12.5. The third kappa shape index (κ3) is 2.56. The number of thiazole rings is 1. The second kappa shape index (κ2) is 5.53. The van der Waals surface area contributed by atoms with E-state index in [0.717, 1.165) is 4.70 Å². The molecule has 1 atom stereocenters. The number of hydrogen-bond acceptors (Lipinski definition) is 6. The van der Waals surface area contributed by atoms with E-state index in [4.69, 9.17) is 11.6 Å². The van der Waals surface area contributed by atoms with Gasteiger partial charge in [-0.3, -0.25) is 4.79 Å². The van der Waals surface area contributed by atoms with Crippen LogP contribution in [0.25, 0.3) is 10.2 Å². The minimum Gasteiger partial charge on any atom is -0.292 e. The van der Waals surface area contributed by atoms with E-state index < -0.39 is 5.92 Å². The van der Waals surface area contributed by atoms with Gasteiger partial charge in [0.05, 0.1) is 27.5 Å². The molecule has 0 unspecified atom stereocenters. The van der Waals surface area contributed by atoms with Crippen LogP contribution in [0.4, 0.5) is 0 Å². The lowest BCUT2D eigenvalue weighted by Crippen LogP contribution is -2.11. The first-order valence-corrected chi connectivity index (χ1v) is 8.04. The summed E-state index contributed by atoms with van der Waals surface area (Å²) in [6.07, 6.45) is 0. The second-order valence-electron chi connectivity index (χ2n) is 4.40. The van der Waals surface area contributed by atoms with Crippen LogP contribution in [0, 0.1) is 18.3 Å². The van der Waals surface area contributed by atoms with E-state index in [2.05, 4.69) is 15.4 Å². The van der Waals surface area contributed by atoms with Crippen LogP contribution in [0.5, 0.6) is 0 Å². The minimum absolute atomic E-state index is 0.256. The lowest BCUT2D eigenvalue weighted by Gasteiger charge is -2.03. The molecule has 0 saturated carbocycles. The smallest absolute Gasteiger partial charge is 0.189 e. The van der Waals surface area contributed by atoms with Gasteiger partial charge in [0, 0.05) is 10.4 Å². The number of benzene rings is 1. The number of halogens is 1. The van der Waals surface area contributed by atoms with Crippen molar-refractivity contribution >= 4 is 50.5 Å². The number of ketones is 1. The molecule has 0 amide bonds.